The number of nitrogen functional groups attached to an aromatic ring is 1. The van der Waals surface area contributed by atoms with Crippen molar-refractivity contribution in [2.24, 2.45) is 0 Å². The lowest BCUT2D eigenvalue weighted by atomic mass is 9.99. The van der Waals surface area contributed by atoms with Gasteiger partial charge in [-0.1, -0.05) is 36.4 Å². The first-order valence-corrected chi connectivity index (χ1v) is 14.5. The number of hydrogen-bond donors (Lipinski definition) is 1. The second-order valence-corrected chi connectivity index (χ2v) is 11.2. The van der Waals surface area contributed by atoms with Gasteiger partial charge in [-0.15, -0.1) is 11.3 Å². The maximum absolute atomic E-state index is 5.88. The molecule has 38 heavy (non-hydrogen) atoms. The third kappa shape index (κ3) is 5.57. The Morgan fingerprint density at radius 2 is 1.71 bits per heavy atom. The number of hydrogen-bond acceptors (Lipinski definition) is 8. The zero-order valence-electron chi connectivity index (χ0n) is 22.0. The van der Waals surface area contributed by atoms with Gasteiger partial charge in [-0.25, -0.2) is 15.0 Å². The van der Waals surface area contributed by atoms with Gasteiger partial charge in [-0.2, -0.15) is 0 Å². The van der Waals surface area contributed by atoms with E-state index in [2.05, 4.69) is 74.2 Å². The Kier molecular flexibility index (Phi) is 7.35. The molecule has 4 aromatic rings. The van der Waals surface area contributed by atoms with Crippen LogP contribution in [0.25, 0.3) is 22.6 Å². The third-order valence-corrected chi connectivity index (χ3v) is 8.55. The number of rotatable bonds is 6. The fourth-order valence-electron chi connectivity index (χ4n) is 5.32. The number of piperazine rings is 1. The van der Waals surface area contributed by atoms with E-state index in [1.807, 2.05) is 5.38 Å². The summed E-state index contributed by atoms with van der Waals surface area (Å²) in [5, 5.41) is 3.00. The highest BCUT2D eigenvalue weighted by Gasteiger charge is 2.21. The van der Waals surface area contributed by atoms with Gasteiger partial charge < -0.3 is 20.4 Å². The molecular weight excluding hydrogens is 490 g/mol. The van der Waals surface area contributed by atoms with E-state index >= 15 is 0 Å². The highest BCUT2D eigenvalue weighted by molar-refractivity contribution is 7.14. The molecule has 0 amide bonds. The molecule has 196 valence electrons. The summed E-state index contributed by atoms with van der Waals surface area (Å²) in [7, 11) is 2.21. The van der Waals surface area contributed by atoms with Gasteiger partial charge in [0.05, 0.1) is 0 Å². The number of aryl methyl sites for hydroxylation is 1. The molecule has 2 N–H and O–H groups in total. The average molecular weight is 526 g/mol. The molecule has 2 aromatic heterocycles. The zero-order valence-corrected chi connectivity index (χ0v) is 22.8. The topological polar surface area (TPSA) is 74.4 Å². The first-order chi connectivity index (χ1) is 18.6. The lowest BCUT2D eigenvalue weighted by molar-refractivity contribution is 0.155. The highest BCUT2D eigenvalue weighted by Crippen LogP contribution is 2.38. The predicted octanol–water partition coefficient (Wildman–Crippen LogP) is 5.11. The fraction of sp³-hybridized carbons (Fsp3) is 0.367. The van der Waals surface area contributed by atoms with Crippen LogP contribution in [0.2, 0.25) is 0 Å². The van der Waals surface area contributed by atoms with Gasteiger partial charge in [-0.3, -0.25) is 0 Å². The Balaban J connectivity index is 1.21. The van der Waals surface area contributed by atoms with Crippen molar-refractivity contribution in [3.8, 4) is 22.6 Å². The predicted molar refractivity (Wildman–Crippen MR) is 157 cm³/mol. The summed E-state index contributed by atoms with van der Waals surface area (Å²) in [6.45, 7) is 6.78. The molecule has 6 rings (SSSR count). The molecule has 2 aliphatic rings. The number of fused-ring (bicyclic) bond motifs is 1. The number of anilines is 3. The van der Waals surface area contributed by atoms with Gasteiger partial charge in [0, 0.05) is 56.5 Å². The first kappa shape index (κ1) is 25.0. The summed E-state index contributed by atoms with van der Waals surface area (Å²) >= 11 is 1.64. The summed E-state index contributed by atoms with van der Waals surface area (Å²) in [6, 6.07) is 17.8. The standard InChI is InChI=1S/C30H35N7S/c1-35-16-18-36(19-17-35)15-12-22-5-7-23(8-6-22)25-10-9-24-4-2-3-14-37(27(24)20-25)30-33-26(21-38-30)29-32-13-11-28(31)34-29/h5-11,13,20-21H,2-4,12,14-19H2,1H3,(H2,31,32,34). The Hall–Kier alpha value is -3.33. The Labute approximate surface area is 229 Å². The second kappa shape index (κ2) is 11.2. The molecule has 0 bridgehead atoms. The quantitative estimate of drug-likeness (QED) is 0.375. The molecule has 7 nitrogen and oxygen atoms in total. The van der Waals surface area contributed by atoms with Crippen LogP contribution in [-0.2, 0) is 12.8 Å². The number of benzene rings is 2. The van der Waals surface area contributed by atoms with Crippen LogP contribution in [0.5, 0.6) is 0 Å². The van der Waals surface area contributed by atoms with E-state index < -0.39 is 0 Å². The van der Waals surface area contributed by atoms with E-state index in [4.69, 9.17) is 10.7 Å². The van der Waals surface area contributed by atoms with Gasteiger partial charge in [-0.05, 0) is 67.1 Å². The van der Waals surface area contributed by atoms with Gasteiger partial charge in [0.2, 0.25) is 0 Å². The van der Waals surface area contributed by atoms with Crippen LogP contribution in [0.1, 0.15) is 24.0 Å². The minimum Gasteiger partial charge on any atom is -0.384 e. The van der Waals surface area contributed by atoms with Crippen LogP contribution in [0.4, 0.5) is 16.6 Å². The number of likely N-dealkylation sites (N-methyl/N-ethyl adjacent to an activating group) is 1. The van der Waals surface area contributed by atoms with Crippen LogP contribution in [0, 0.1) is 0 Å². The van der Waals surface area contributed by atoms with Crippen molar-refractivity contribution in [2.75, 3.05) is 56.9 Å². The molecule has 2 aromatic carbocycles. The van der Waals surface area contributed by atoms with Crippen molar-refractivity contribution in [1.82, 2.24) is 24.8 Å². The maximum Gasteiger partial charge on any atom is 0.190 e. The molecule has 0 atom stereocenters. The normalized spacial score (nSPS) is 16.8. The molecule has 4 heterocycles. The van der Waals surface area contributed by atoms with Crippen molar-refractivity contribution in [2.45, 2.75) is 25.7 Å². The number of aromatic nitrogens is 3. The largest absolute Gasteiger partial charge is 0.384 e. The SMILES string of the molecule is CN1CCN(CCc2ccc(-c3ccc4c(c3)N(c3nc(-c5nccc(N)n5)cs3)CCCC4)cc2)CC1. The average Bonchev–Trinajstić information content (AvgIpc) is 3.34. The maximum atomic E-state index is 5.88. The lowest BCUT2D eigenvalue weighted by Crippen LogP contribution is -2.45. The minimum atomic E-state index is 0.458. The summed E-state index contributed by atoms with van der Waals surface area (Å²) in [6.07, 6.45) is 6.19. The molecule has 0 aliphatic carbocycles. The van der Waals surface area contributed by atoms with E-state index in [1.165, 1.54) is 60.5 Å². The Morgan fingerprint density at radius 3 is 2.53 bits per heavy atom. The van der Waals surface area contributed by atoms with Crippen molar-refractivity contribution >= 4 is 28.0 Å². The summed E-state index contributed by atoms with van der Waals surface area (Å²) in [4.78, 5) is 21.0. The molecule has 2 aliphatic heterocycles. The number of nitrogens with two attached hydrogens (primary N) is 1. The third-order valence-electron chi connectivity index (χ3n) is 7.68. The van der Waals surface area contributed by atoms with Crippen LogP contribution in [0.3, 0.4) is 0 Å². The van der Waals surface area contributed by atoms with Crippen molar-refractivity contribution in [3.05, 3.63) is 71.2 Å². The molecule has 0 spiro atoms. The molecular formula is C30H35N7S. The smallest absolute Gasteiger partial charge is 0.190 e. The van der Waals surface area contributed by atoms with Crippen LogP contribution in [0.15, 0.2) is 60.1 Å². The molecule has 0 radical (unpaired) electrons. The molecule has 8 heteroatoms. The monoisotopic (exact) mass is 525 g/mol. The van der Waals surface area contributed by atoms with E-state index in [9.17, 15) is 0 Å². The second-order valence-electron chi connectivity index (χ2n) is 10.4. The minimum absolute atomic E-state index is 0.458. The van der Waals surface area contributed by atoms with Crippen LogP contribution < -0.4 is 10.6 Å². The summed E-state index contributed by atoms with van der Waals surface area (Å²) < 4.78 is 0. The van der Waals surface area contributed by atoms with Crippen molar-refractivity contribution in [1.29, 1.82) is 0 Å². The lowest BCUT2D eigenvalue weighted by Gasteiger charge is -2.32. The van der Waals surface area contributed by atoms with Crippen molar-refractivity contribution in [3.63, 3.8) is 0 Å². The fourth-order valence-corrected chi connectivity index (χ4v) is 6.16. The van der Waals surface area contributed by atoms with Gasteiger partial charge >= 0.3 is 0 Å². The molecule has 0 saturated carbocycles. The number of nitrogens with zero attached hydrogens (tertiary/aromatic N) is 6. The highest BCUT2D eigenvalue weighted by atomic mass is 32.1. The van der Waals surface area contributed by atoms with Gasteiger partial charge in [0.25, 0.3) is 0 Å². The van der Waals surface area contributed by atoms with E-state index in [1.54, 1.807) is 23.6 Å². The van der Waals surface area contributed by atoms with Gasteiger partial charge in [0.15, 0.2) is 11.0 Å². The molecule has 1 saturated heterocycles. The van der Waals surface area contributed by atoms with E-state index in [0.29, 0.717) is 11.6 Å². The van der Waals surface area contributed by atoms with Crippen LogP contribution >= 0.6 is 11.3 Å². The first-order valence-electron chi connectivity index (χ1n) is 13.6. The van der Waals surface area contributed by atoms with Crippen molar-refractivity contribution < 1.29 is 0 Å². The zero-order chi connectivity index (χ0) is 25.9. The van der Waals surface area contributed by atoms with Crippen LogP contribution in [-0.4, -0.2) is 71.1 Å². The van der Waals surface area contributed by atoms with E-state index in [-0.39, 0.29) is 0 Å². The summed E-state index contributed by atoms with van der Waals surface area (Å²) in [5.74, 6) is 1.03. The number of thiazole rings is 1. The molecule has 1 fully saturated rings. The molecule has 0 unspecified atom stereocenters. The summed E-state index contributed by atoms with van der Waals surface area (Å²) in [5.41, 5.74) is 13.2. The Bertz CT molecular complexity index is 1380. The Morgan fingerprint density at radius 1 is 0.895 bits per heavy atom. The van der Waals surface area contributed by atoms with E-state index in [0.717, 1.165) is 43.2 Å². The van der Waals surface area contributed by atoms with Gasteiger partial charge in [0.1, 0.15) is 11.5 Å².